The molecular formula is C21H18N4O. The molecule has 0 radical (unpaired) electrons. The molecular weight excluding hydrogens is 324 g/mol. The van der Waals surface area contributed by atoms with E-state index in [9.17, 15) is 4.79 Å². The molecule has 0 aliphatic rings. The van der Waals surface area contributed by atoms with Crippen LogP contribution in [0.5, 0.6) is 0 Å². The van der Waals surface area contributed by atoms with Gasteiger partial charge in [0.2, 0.25) is 0 Å². The number of rotatable bonds is 4. The van der Waals surface area contributed by atoms with E-state index >= 15 is 0 Å². The largest absolute Gasteiger partial charge is 0.354 e. The van der Waals surface area contributed by atoms with Crippen molar-refractivity contribution in [1.82, 2.24) is 4.98 Å². The van der Waals surface area contributed by atoms with Crippen molar-refractivity contribution in [2.24, 2.45) is 0 Å². The predicted molar refractivity (Wildman–Crippen MR) is 103 cm³/mol. The maximum absolute atomic E-state index is 12.5. The second kappa shape index (κ2) is 7.49. The zero-order chi connectivity index (χ0) is 18.5. The number of aryl methyl sites for hydroxylation is 2. The van der Waals surface area contributed by atoms with Gasteiger partial charge in [-0.2, -0.15) is 5.26 Å². The first-order chi connectivity index (χ1) is 12.6. The molecule has 1 aromatic heterocycles. The van der Waals surface area contributed by atoms with Crippen LogP contribution >= 0.6 is 0 Å². The first kappa shape index (κ1) is 17.2. The second-order valence-corrected chi connectivity index (χ2v) is 6.02. The lowest BCUT2D eigenvalue weighted by Gasteiger charge is -2.11. The van der Waals surface area contributed by atoms with E-state index in [0.29, 0.717) is 16.8 Å². The number of nitriles is 1. The molecule has 0 atom stereocenters. The molecule has 0 fully saturated rings. The minimum absolute atomic E-state index is 0.315. The van der Waals surface area contributed by atoms with E-state index in [1.807, 2.05) is 26.0 Å². The fourth-order valence-corrected chi connectivity index (χ4v) is 2.63. The minimum atomic E-state index is -0.315. The van der Waals surface area contributed by atoms with Crippen LogP contribution in [0.3, 0.4) is 0 Å². The van der Waals surface area contributed by atoms with Gasteiger partial charge in [0.25, 0.3) is 5.91 Å². The van der Waals surface area contributed by atoms with Crippen LogP contribution in [0.15, 0.2) is 60.9 Å². The molecule has 26 heavy (non-hydrogen) atoms. The number of para-hydroxylation sites is 1. The number of hydrogen-bond donors (Lipinski definition) is 2. The highest BCUT2D eigenvalue weighted by atomic mass is 16.1. The molecule has 0 saturated heterocycles. The molecule has 128 valence electrons. The Kier molecular flexibility index (Phi) is 4.95. The Morgan fingerprint density at radius 2 is 1.85 bits per heavy atom. The van der Waals surface area contributed by atoms with Crippen LogP contribution in [0.4, 0.5) is 17.1 Å². The SMILES string of the molecule is Cc1ccc(Nc2cncc(C(=O)Nc3ccccc3C#N)c2)c(C)c1. The summed E-state index contributed by atoms with van der Waals surface area (Å²) < 4.78 is 0. The Hall–Kier alpha value is -3.65. The van der Waals surface area contributed by atoms with Crippen LogP contribution in [0, 0.1) is 25.2 Å². The lowest BCUT2D eigenvalue weighted by molar-refractivity contribution is 0.102. The van der Waals surface area contributed by atoms with E-state index in [2.05, 4.69) is 27.8 Å². The fourth-order valence-electron chi connectivity index (χ4n) is 2.63. The lowest BCUT2D eigenvalue weighted by atomic mass is 10.1. The van der Waals surface area contributed by atoms with Crippen molar-refractivity contribution in [2.75, 3.05) is 10.6 Å². The molecule has 3 aromatic rings. The summed E-state index contributed by atoms with van der Waals surface area (Å²) >= 11 is 0. The third-order valence-electron chi connectivity index (χ3n) is 3.96. The Morgan fingerprint density at radius 3 is 2.62 bits per heavy atom. The quantitative estimate of drug-likeness (QED) is 0.728. The fraction of sp³-hybridized carbons (Fsp3) is 0.0952. The first-order valence-corrected chi connectivity index (χ1v) is 8.16. The third-order valence-corrected chi connectivity index (χ3v) is 3.96. The molecule has 2 N–H and O–H groups in total. The van der Waals surface area contributed by atoms with Gasteiger partial charge in [0, 0.05) is 11.9 Å². The smallest absolute Gasteiger partial charge is 0.257 e. The van der Waals surface area contributed by atoms with Crippen molar-refractivity contribution < 1.29 is 4.79 Å². The minimum Gasteiger partial charge on any atom is -0.354 e. The van der Waals surface area contributed by atoms with Gasteiger partial charge in [-0.3, -0.25) is 9.78 Å². The van der Waals surface area contributed by atoms with E-state index in [1.165, 1.54) is 11.8 Å². The zero-order valence-electron chi connectivity index (χ0n) is 14.6. The predicted octanol–water partition coefficient (Wildman–Crippen LogP) is 4.57. The summed E-state index contributed by atoms with van der Waals surface area (Å²) in [7, 11) is 0. The monoisotopic (exact) mass is 342 g/mol. The van der Waals surface area contributed by atoms with Crippen LogP contribution in [0.1, 0.15) is 27.0 Å². The highest BCUT2D eigenvalue weighted by Crippen LogP contribution is 2.22. The molecule has 0 aliphatic heterocycles. The van der Waals surface area contributed by atoms with Gasteiger partial charge in [-0.25, -0.2) is 0 Å². The average molecular weight is 342 g/mol. The summed E-state index contributed by atoms with van der Waals surface area (Å²) in [5.74, 6) is -0.315. The number of aromatic nitrogens is 1. The number of hydrogen-bond acceptors (Lipinski definition) is 4. The van der Waals surface area contributed by atoms with E-state index in [0.717, 1.165) is 16.9 Å². The van der Waals surface area contributed by atoms with Crippen molar-refractivity contribution in [3.05, 3.63) is 83.2 Å². The number of anilines is 3. The van der Waals surface area contributed by atoms with E-state index < -0.39 is 0 Å². The Balaban J connectivity index is 1.80. The summed E-state index contributed by atoms with van der Waals surface area (Å²) in [5.41, 5.74) is 5.29. The summed E-state index contributed by atoms with van der Waals surface area (Å²) in [5, 5.41) is 15.2. The van der Waals surface area contributed by atoms with Crippen molar-refractivity contribution in [3.8, 4) is 6.07 Å². The molecule has 0 saturated carbocycles. The molecule has 0 aliphatic carbocycles. The molecule has 3 rings (SSSR count). The van der Waals surface area contributed by atoms with Gasteiger partial charge in [-0.1, -0.05) is 29.8 Å². The van der Waals surface area contributed by atoms with E-state index in [4.69, 9.17) is 5.26 Å². The summed E-state index contributed by atoms with van der Waals surface area (Å²) in [6, 6.07) is 16.8. The van der Waals surface area contributed by atoms with Gasteiger partial charge in [0.1, 0.15) is 6.07 Å². The van der Waals surface area contributed by atoms with Crippen molar-refractivity contribution >= 4 is 23.0 Å². The lowest BCUT2D eigenvalue weighted by Crippen LogP contribution is -2.13. The van der Waals surface area contributed by atoms with Gasteiger partial charge < -0.3 is 10.6 Å². The average Bonchev–Trinajstić information content (AvgIpc) is 2.65. The molecule has 0 bridgehead atoms. The van der Waals surface area contributed by atoms with Crippen molar-refractivity contribution in [1.29, 1.82) is 5.26 Å². The Bertz CT molecular complexity index is 1000. The molecule has 5 nitrogen and oxygen atoms in total. The van der Waals surface area contributed by atoms with Crippen LogP contribution in [-0.2, 0) is 0 Å². The number of benzene rings is 2. The number of carbonyl (C=O) groups is 1. The highest BCUT2D eigenvalue weighted by Gasteiger charge is 2.10. The van der Waals surface area contributed by atoms with Crippen LogP contribution in [0.25, 0.3) is 0 Å². The molecule has 0 unspecified atom stereocenters. The number of amides is 1. The summed E-state index contributed by atoms with van der Waals surface area (Å²) in [6.07, 6.45) is 3.16. The van der Waals surface area contributed by atoms with Crippen LogP contribution < -0.4 is 10.6 Å². The number of pyridine rings is 1. The van der Waals surface area contributed by atoms with Crippen LogP contribution in [0.2, 0.25) is 0 Å². The van der Waals surface area contributed by atoms with Gasteiger partial charge in [-0.15, -0.1) is 0 Å². The van der Waals surface area contributed by atoms with E-state index in [1.54, 1.807) is 36.5 Å². The normalized spacial score (nSPS) is 10.0. The number of carbonyl (C=O) groups excluding carboxylic acids is 1. The topological polar surface area (TPSA) is 77.8 Å². The Morgan fingerprint density at radius 1 is 1.04 bits per heavy atom. The highest BCUT2D eigenvalue weighted by molar-refractivity contribution is 6.05. The molecule has 0 spiro atoms. The summed E-state index contributed by atoms with van der Waals surface area (Å²) in [6.45, 7) is 4.07. The van der Waals surface area contributed by atoms with E-state index in [-0.39, 0.29) is 5.91 Å². The second-order valence-electron chi connectivity index (χ2n) is 6.02. The first-order valence-electron chi connectivity index (χ1n) is 8.16. The number of nitrogens with zero attached hydrogens (tertiary/aromatic N) is 2. The molecule has 1 heterocycles. The molecule has 2 aromatic carbocycles. The zero-order valence-corrected chi connectivity index (χ0v) is 14.6. The van der Waals surface area contributed by atoms with Crippen molar-refractivity contribution in [3.63, 3.8) is 0 Å². The van der Waals surface area contributed by atoms with Crippen LogP contribution in [-0.4, -0.2) is 10.9 Å². The number of nitrogens with one attached hydrogen (secondary N) is 2. The van der Waals surface area contributed by atoms with Gasteiger partial charge in [0.05, 0.1) is 28.7 Å². The van der Waals surface area contributed by atoms with Gasteiger partial charge in [0.15, 0.2) is 0 Å². The summed E-state index contributed by atoms with van der Waals surface area (Å²) in [4.78, 5) is 16.7. The standard InChI is InChI=1S/C21H18N4O/c1-14-7-8-19(15(2)9-14)24-18-10-17(12-23-13-18)21(26)25-20-6-4-3-5-16(20)11-22/h3-10,12-13,24H,1-2H3,(H,25,26). The molecule has 5 heteroatoms. The maximum atomic E-state index is 12.5. The Labute approximate surface area is 152 Å². The van der Waals surface area contributed by atoms with Gasteiger partial charge >= 0.3 is 0 Å². The van der Waals surface area contributed by atoms with Crippen molar-refractivity contribution in [2.45, 2.75) is 13.8 Å². The third kappa shape index (κ3) is 3.87. The maximum Gasteiger partial charge on any atom is 0.257 e. The molecule has 1 amide bonds. The van der Waals surface area contributed by atoms with Gasteiger partial charge in [-0.05, 0) is 43.7 Å².